The number of likely N-dealkylation sites (N-methyl/N-ethyl adjacent to an activating group) is 1. The first-order valence-corrected chi connectivity index (χ1v) is 10.2. The van der Waals surface area contributed by atoms with Crippen LogP contribution in [0.1, 0.15) is 5.56 Å². The third-order valence-corrected chi connectivity index (χ3v) is 6.71. The summed E-state index contributed by atoms with van der Waals surface area (Å²) in [6.07, 6.45) is 2.76. The zero-order valence-corrected chi connectivity index (χ0v) is 17.1. The minimum Gasteiger partial charge on any atom is -0.493 e. The van der Waals surface area contributed by atoms with Gasteiger partial charge in [0.25, 0.3) is 10.0 Å². The maximum Gasteiger partial charge on any atom is 0.330 e. The molecule has 10 heteroatoms. The van der Waals surface area contributed by atoms with E-state index in [1.165, 1.54) is 45.6 Å². The number of methoxy groups -OCH3 is 2. The number of hydrogen-bond acceptors (Lipinski definition) is 8. The molecule has 0 radical (unpaired) electrons. The van der Waals surface area contributed by atoms with Crippen molar-refractivity contribution < 1.29 is 32.2 Å². The zero-order chi connectivity index (χ0) is 20.7. The first kappa shape index (κ1) is 21.6. The lowest BCUT2D eigenvalue weighted by Crippen LogP contribution is -2.33. The fourth-order valence-electron chi connectivity index (χ4n) is 2.09. The van der Waals surface area contributed by atoms with E-state index in [0.29, 0.717) is 5.56 Å². The molecular formula is C18H19NO7S2. The Bertz CT molecular complexity index is 966. The molecule has 0 bridgehead atoms. The van der Waals surface area contributed by atoms with Gasteiger partial charge in [0.05, 0.1) is 14.2 Å². The van der Waals surface area contributed by atoms with Gasteiger partial charge in [0.2, 0.25) is 0 Å². The highest BCUT2D eigenvalue weighted by atomic mass is 32.2. The lowest BCUT2D eigenvalue weighted by molar-refractivity contribution is -0.135. The summed E-state index contributed by atoms with van der Waals surface area (Å²) in [5.74, 6) is -0.892. The Morgan fingerprint density at radius 3 is 2.54 bits per heavy atom. The van der Waals surface area contributed by atoms with Crippen LogP contribution in [0.5, 0.6) is 11.5 Å². The van der Waals surface area contributed by atoms with Crippen LogP contribution in [0.15, 0.2) is 46.0 Å². The number of carbonyl (C=O) groups excluding carboxylic acids is 2. The second-order valence-electron chi connectivity index (χ2n) is 5.43. The first-order chi connectivity index (χ1) is 13.3. The average molecular weight is 425 g/mol. The Morgan fingerprint density at radius 1 is 1.18 bits per heavy atom. The lowest BCUT2D eigenvalue weighted by Gasteiger charge is -2.16. The zero-order valence-electron chi connectivity index (χ0n) is 15.4. The van der Waals surface area contributed by atoms with Crippen molar-refractivity contribution in [2.24, 2.45) is 0 Å². The fraction of sp³-hybridized carbons (Fsp3) is 0.222. The standard InChI is InChI=1S/C18H19NO7S2/c1-19(28(22,23)18-5-4-10-27-18)12-17(21)26-14-8-6-13(11-15(14)24-2)7-9-16(20)25-3/h4-11H,12H2,1-3H3/b9-7+. The van der Waals surface area contributed by atoms with Crippen molar-refractivity contribution in [1.82, 2.24) is 4.31 Å². The van der Waals surface area contributed by atoms with Crippen LogP contribution in [0.2, 0.25) is 0 Å². The normalized spacial score (nSPS) is 11.6. The van der Waals surface area contributed by atoms with E-state index in [1.807, 2.05) is 0 Å². The van der Waals surface area contributed by atoms with Crippen molar-refractivity contribution in [3.8, 4) is 11.5 Å². The smallest absolute Gasteiger partial charge is 0.330 e. The van der Waals surface area contributed by atoms with Crippen molar-refractivity contribution in [3.63, 3.8) is 0 Å². The molecule has 0 amide bonds. The van der Waals surface area contributed by atoms with E-state index in [2.05, 4.69) is 4.74 Å². The molecule has 0 fully saturated rings. The second-order valence-corrected chi connectivity index (χ2v) is 8.65. The van der Waals surface area contributed by atoms with Crippen LogP contribution >= 0.6 is 11.3 Å². The minimum absolute atomic E-state index is 0.129. The third-order valence-electron chi connectivity index (χ3n) is 3.54. The third kappa shape index (κ3) is 5.41. The van der Waals surface area contributed by atoms with Crippen molar-refractivity contribution in [3.05, 3.63) is 47.4 Å². The SMILES string of the molecule is COC(=O)/C=C/c1ccc(OC(=O)CN(C)S(=O)(=O)c2cccs2)c(OC)c1. The van der Waals surface area contributed by atoms with Crippen molar-refractivity contribution >= 4 is 39.4 Å². The summed E-state index contributed by atoms with van der Waals surface area (Å²) >= 11 is 1.06. The van der Waals surface area contributed by atoms with Crippen LogP contribution in [0.25, 0.3) is 6.08 Å². The van der Waals surface area contributed by atoms with Gasteiger partial charge in [-0.05, 0) is 35.2 Å². The average Bonchev–Trinajstić information content (AvgIpc) is 3.22. The minimum atomic E-state index is -3.76. The summed E-state index contributed by atoms with van der Waals surface area (Å²) in [7, 11) is 0.209. The highest BCUT2D eigenvalue weighted by Crippen LogP contribution is 2.29. The number of carbonyl (C=O) groups is 2. The van der Waals surface area contributed by atoms with Gasteiger partial charge in [0, 0.05) is 13.1 Å². The van der Waals surface area contributed by atoms with E-state index in [1.54, 1.807) is 23.6 Å². The van der Waals surface area contributed by atoms with Crippen LogP contribution < -0.4 is 9.47 Å². The van der Waals surface area contributed by atoms with Gasteiger partial charge in [-0.15, -0.1) is 11.3 Å². The van der Waals surface area contributed by atoms with E-state index < -0.39 is 28.5 Å². The maximum atomic E-state index is 12.4. The van der Waals surface area contributed by atoms with Crippen LogP contribution in [0, 0.1) is 0 Å². The monoisotopic (exact) mass is 425 g/mol. The van der Waals surface area contributed by atoms with E-state index in [0.717, 1.165) is 15.6 Å². The summed E-state index contributed by atoms with van der Waals surface area (Å²) in [6.45, 7) is -0.465. The van der Waals surface area contributed by atoms with Gasteiger partial charge in [-0.3, -0.25) is 4.79 Å². The van der Waals surface area contributed by atoms with E-state index in [4.69, 9.17) is 9.47 Å². The lowest BCUT2D eigenvalue weighted by atomic mass is 10.2. The Morgan fingerprint density at radius 2 is 1.93 bits per heavy atom. The quantitative estimate of drug-likeness (QED) is 0.363. The molecule has 0 unspecified atom stereocenters. The number of nitrogens with zero attached hydrogens (tertiary/aromatic N) is 1. The molecule has 28 heavy (non-hydrogen) atoms. The molecule has 150 valence electrons. The molecule has 1 aromatic carbocycles. The molecule has 8 nitrogen and oxygen atoms in total. The summed E-state index contributed by atoms with van der Waals surface area (Å²) in [6, 6.07) is 7.74. The molecule has 0 saturated carbocycles. The Hall–Kier alpha value is -2.69. The van der Waals surface area contributed by atoms with Gasteiger partial charge in [0.1, 0.15) is 10.8 Å². The van der Waals surface area contributed by atoms with Gasteiger partial charge in [-0.1, -0.05) is 12.1 Å². The molecule has 1 heterocycles. The topological polar surface area (TPSA) is 99.2 Å². The highest BCUT2D eigenvalue weighted by molar-refractivity contribution is 7.91. The van der Waals surface area contributed by atoms with Gasteiger partial charge in [-0.2, -0.15) is 4.31 Å². The molecule has 1 aromatic heterocycles. The molecule has 0 aliphatic heterocycles. The van der Waals surface area contributed by atoms with E-state index in [-0.39, 0.29) is 15.7 Å². The molecule has 0 aliphatic carbocycles. The Balaban J connectivity index is 2.09. The van der Waals surface area contributed by atoms with Gasteiger partial charge in [0.15, 0.2) is 11.5 Å². The number of benzene rings is 1. The second kappa shape index (κ2) is 9.49. The largest absolute Gasteiger partial charge is 0.493 e. The summed E-state index contributed by atoms with van der Waals surface area (Å²) in [4.78, 5) is 23.3. The molecule has 0 spiro atoms. The summed E-state index contributed by atoms with van der Waals surface area (Å²) in [5.41, 5.74) is 0.624. The number of esters is 2. The molecule has 2 aromatic rings. The van der Waals surface area contributed by atoms with Crippen LogP contribution in [0.3, 0.4) is 0 Å². The van der Waals surface area contributed by atoms with Crippen LogP contribution in [0.4, 0.5) is 0 Å². The first-order valence-electron chi connectivity index (χ1n) is 7.92. The number of hydrogen-bond donors (Lipinski definition) is 0. The van der Waals surface area contributed by atoms with Crippen molar-refractivity contribution in [2.45, 2.75) is 4.21 Å². The number of ether oxygens (including phenoxy) is 3. The summed E-state index contributed by atoms with van der Waals surface area (Å²) in [5, 5.41) is 1.64. The predicted octanol–water partition coefficient (Wildman–Crippen LogP) is 2.17. The molecule has 0 aliphatic rings. The predicted molar refractivity (Wildman–Crippen MR) is 104 cm³/mol. The fourth-order valence-corrected chi connectivity index (χ4v) is 4.41. The van der Waals surface area contributed by atoms with Gasteiger partial charge < -0.3 is 14.2 Å². The van der Waals surface area contributed by atoms with E-state index >= 15 is 0 Å². The Kier molecular flexibility index (Phi) is 7.32. The summed E-state index contributed by atoms with van der Waals surface area (Å²) < 4.78 is 40.7. The maximum absolute atomic E-state index is 12.4. The van der Waals surface area contributed by atoms with Crippen LogP contribution in [-0.4, -0.2) is 52.5 Å². The molecule has 0 atom stereocenters. The molecular weight excluding hydrogens is 406 g/mol. The van der Waals surface area contributed by atoms with Crippen LogP contribution in [-0.2, 0) is 24.3 Å². The number of rotatable bonds is 8. The molecule has 0 saturated heterocycles. The van der Waals surface area contributed by atoms with Gasteiger partial charge in [-0.25, -0.2) is 13.2 Å². The van der Waals surface area contributed by atoms with Crippen molar-refractivity contribution in [1.29, 1.82) is 0 Å². The van der Waals surface area contributed by atoms with Gasteiger partial charge >= 0.3 is 11.9 Å². The molecule has 2 rings (SSSR count). The van der Waals surface area contributed by atoms with E-state index in [9.17, 15) is 18.0 Å². The molecule has 0 N–H and O–H groups in total. The number of thiophene rings is 1. The van der Waals surface area contributed by atoms with Crippen molar-refractivity contribution in [2.75, 3.05) is 27.8 Å². The highest BCUT2D eigenvalue weighted by Gasteiger charge is 2.25. The Labute approximate surface area is 167 Å². The number of sulfonamides is 1.